The Labute approximate surface area is 111 Å². The van der Waals surface area contributed by atoms with Crippen LogP contribution in [0.4, 0.5) is 0 Å². The molecule has 0 atom stereocenters. The molecule has 0 aliphatic heterocycles. The molecule has 0 spiro atoms. The Morgan fingerprint density at radius 2 is 1.89 bits per heavy atom. The molecule has 2 rings (SSSR count). The van der Waals surface area contributed by atoms with Crippen LogP contribution in [0.1, 0.15) is 13.8 Å². The van der Waals surface area contributed by atoms with Crippen LogP contribution in [0.5, 0.6) is 0 Å². The molecule has 0 fully saturated rings. The lowest BCUT2D eigenvalue weighted by Gasteiger charge is -2.17. The molecule has 1 aromatic heterocycles. The summed E-state index contributed by atoms with van der Waals surface area (Å²) in [6.45, 7) is 6.55. The molecule has 96 valence electrons. The van der Waals surface area contributed by atoms with E-state index >= 15 is 0 Å². The fraction of sp³-hybridized carbons (Fsp3) is 0.417. The van der Waals surface area contributed by atoms with Gasteiger partial charge in [-0.3, -0.25) is 4.90 Å². The molecule has 0 aliphatic rings. The highest BCUT2D eigenvalue weighted by molar-refractivity contribution is 7.99. The van der Waals surface area contributed by atoms with Gasteiger partial charge in [0.15, 0.2) is 0 Å². The molecular weight excluding hydrogens is 246 g/mol. The third kappa shape index (κ3) is 3.30. The van der Waals surface area contributed by atoms with E-state index in [1.807, 2.05) is 23.9 Å². The highest BCUT2D eigenvalue weighted by Gasteiger charge is 2.02. The number of aromatic nitrogens is 4. The summed E-state index contributed by atoms with van der Waals surface area (Å²) < 4.78 is 1.65. The largest absolute Gasteiger partial charge is 0.294 e. The zero-order valence-corrected chi connectivity index (χ0v) is 11.5. The summed E-state index contributed by atoms with van der Waals surface area (Å²) in [5, 5.41) is 11.1. The van der Waals surface area contributed by atoms with Crippen LogP contribution in [0.3, 0.4) is 0 Å². The maximum Gasteiger partial charge on any atom is 0.143 e. The van der Waals surface area contributed by atoms with Gasteiger partial charge in [-0.1, -0.05) is 13.8 Å². The quantitative estimate of drug-likeness (QED) is 0.589. The van der Waals surface area contributed by atoms with Gasteiger partial charge in [0.05, 0.1) is 5.69 Å². The van der Waals surface area contributed by atoms with Crippen molar-refractivity contribution in [3.8, 4) is 5.69 Å². The molecule has 1 aromatic carbocycles. The van der Waals surface area contributed by atoms with Crippen LogP contribution in [-0.2, 0) is 0 Å². The first-order valence-electron chi connectivity index (χ1n) is 6.02. The molecule has 0 amide bonds. The van der Waals surface area contributed by atoms with Gasteiger partial charge in [-0.2, -0.15) is 0 Å². The SMILES string of the molecule is CCN(CC)CSc1ccc(-n2cnnn2)cc1. The van der Waals surface area contributed by atoms with Gasteiger partial charge in [0.25, 0.3) is 0 Å². The molecule has 0 bridgehead atoms. The van der Waals surface area contributed by atoms with E-state index < -0.39 is 0 Å². The molecule has 0 saturated carbocycles. The molecule has 0 radical (unpaired) electrons. The lowest BCUT2D eigenvalue weighted by molar-refractivity contribution is 0.358. The van der Waals surface area contributed by atoms with E-state index in [1.54, 1.807) is 11.0 Å². The summed E-state index contributed by atoms with van der Waals surface area (Å²) >= 11 is 1.85. The minimum absolute atomic E-state index is 0.979. The van der Waals surface area contributed by atoms with Crippen LogP contribution >= 0.6 is 11.8 Å². The van der Waals surface area contributed by atoms with Gasteiger partial charge < -0.3 is 0 Å². The first kappa shape index (κ1) is 13.0. The van der Waals surface area contributed by atoms with Crippen LogP contribution in [0.15, 0.2) is 35.5 Å². The van der Waals surface area contributed by atoms with Gasteiger partial charge in [0.1, 0.15) is 6.33 Å². The first-order chi connectivity index (χ1) is 8.83. The van der Waals surface area contributed by atoms with Gasteiger partial charge in [-0.15, -0.1) is 16.9 Å². The smallest absolute Gasteiger partial charge is 0.143 e. The minimum Gasteiger partial charge on any atom is -0.294 e. The lowest BCUT2D eigenvalue weighted by Crippen LogP contribution is -2.21. The van der Waals surface area contributed by atoms with Crippen molar-refractivity contribution in [1.82, 2.24) is 25.1 Å². The lowest BCUT2D eigenvalue weighted by atomic mass is 10.3. The van der Waals surface area contributed by atoms with E-state index in [9.17, 15) is 0 Å². The maximum atomic E-state index is 3.86. The Hall–Kier alpha value is -1.40. The number of tetrazole rings is 1. The van der Waals surface area contributed by atoms with E-state index in [0.717, 1.165) is 24.7 Å². The summed E-state index contributed by atoms with van der Waals surface area (Å²) in [4.78, 5) is 3.65. The fourth-order valence-electron chi connectivity index (χ4n) is 1.55. The van der Waals surface area contributed by atoms with Crippen molar-refractivity contribution in [2.24, 2.45) is 0 Å². The van der Waals surface area contributed by atoms with Crippen LogP contribution in [0.2, 0.25) is 0 Å². The summed E-state index contributed by atoms with van der Waals surface area (Å²) in [6, 6.07) is 8.26. The molecule has 0 saturated heterocycles. The van der Waals surface area contributed by atoms with Crippen molar-refractivity contribution in [3.05, 3.63) is 30.6 Å². The average molecular weight is 263 g/mol. The summed E-state index contributed by atoms with van der Waals surface area (Å²) in [7, 11) is 0. The summed E-state index contributed by atoms with van der Waals surface area (Å²) in [5.74, 6) is 1.03. The molecule has 18 heavy (non-hydrogen) atoms. The van der Waals surface area contributed by atoms with E-state index in [1.165, 1.54) is 4.90 Å². The first-order valence-corrected chi connectivity index (χ1v) is 7.00. The average Bonchev–Trinajstić information content (AvgIpc) is 2.94. The van der Waals surface area contributed by atoms with Crippen LogP contribution in [0, 0.1) is 0 Å². The standard InChI is InChI=1S/C12H17N5S/c1-3-16(4-2)10-18-12-7-5-11(6-8-12)17-9-13-14-15-17/h5-9H,3-4,10H2,1-2H3. The number of nitrogens with zero attached hydrogens (tertiary/aromatic N) is 5. The second-order valence-electron chi connectivity index (χ2n) is 3.83. The predicted octanol–water partition coefficient (Wildman–Crippen LogP) is 2.05. The zero-order valence-electron chi connectivity index (χ0n) is 10.7. The molecule has 0 N–H and O–H groups in total. The van der Waals surface area contributed by atoms with E-state index in [-0.39, 0.29) is 0 Å². The summed E-state index contributed by atoms with van der Waals surface area (Å²) in [5.41, 5.74) is 0.979. The Bertz CT molecular complexity index is 450. The van der Waals surface area contributed by atoms with Gasteiger partial charge >= 0.3 is 0 Å². The van der Waals surface area contributed by atoms with Gasteiger partial charge in [-0.25, -0.2) is 4.68 Å². The number of thioether (sulfide) groups is 1. The highest BCUT2D eigenvalue weighted by Crippen LogP contribution is 2.20. The molecule has 0 aliphatic carbocycles. The Morgan fingerprint density at radius 3 is 2.44 bits per heavy atom. The second kappa shape index (κ2) is 6.51. The van der Waals surface area contributed by atoms with Crippen LogP contribution in [0.25, 0.3) is 5.69 Å². The predicted molar refractivity (Wildman–Crippen MR) is 72.8 cm³/mol. The third-order valence-electron chi connectivity index (χ3n) is 2.76. The van der Waals surface area contributed by atoms with Crippen LogP contribution < -0.4 is 0 Å². The van der Waals surface area contributed by atoms with Crippen LogP contribution in [-0.4, -0.2) is 44.1 Å². The molecule has 2 aromatic rings. The monoisotopic (exact) mass is 263 g/mol. The second-order valence-corrected chi connectivity index (χ2v) is 4.84. The zero-order chi connectivity index (χ0) is 12.8. The van der Waals surface area contributed by atoms with Gasteiger partial charge in [0.2, 0.25) is 0 Å². The van der Waals surface area contributed by atoms with Crippen molar-refractivity contribution in [2.75, 3.05) is 19.0 Å². The topological polar surface area (TPSA) is 46.8 Å². The normalized spacial score (nSPS) is 11.1. The molecule has 0 unspecified atom stereocenters. The molecule has 6 heteroatoms. The minimum atomic E-state index is 0.979. The Morgan fingerprint density at radius 1 is 1.17 bits per heavy atom. The highest BCUT2D eigenvalue weighted by atomic mass is 32.2. The number of hydrogen-bond acceptors (Lipinski definition) is 5. The number of rotatable bonds is 6. The number of hydrogen-bond donors (Lipinski definition) is 0. The number of benzene rings is 1. The maximum absolute atomic E-state index is 3.86. The van der Waals surface area contributed by atoms with Crippen molar-refractivity contribution in [2.45, 2.75) is 18.7 Å². The van der Waals surface area contributed by atoms with Crippen molar-refractivity contribution in [3.63, 3.8) is 0 Å². The fourth-order valence-corrected chi connectivity index (χ4v) is 2.57. The van der Waals surface area contributed by atoms with E-state index in [0.29, 0.717) is 0 Å². The molecular formula is C12H17N5S. The Kier molecular flexibility index (Phi) is 4.72. The molecule has 5 nitrogen and oxygen atoms in total. The summed E-state index contributed by atoms with van der Waals surface area (Å²) in [6.07, 6.45) is 1.60. The van der Waals surface area contributed by atoms with E-state index in [4.69, 9.17) is 0 Å². The van der Waals surface area contributed by atoms with E-state index in [2.05, 4.69) is 46.4 Å². The Balaban J connectivity index is 1.96. The van der Waals surface area contributed by atoms with Gasteiger partial charge in [0, 0.05) is 10.8 Å². The van der Waals surface area contributed by atoms with Crippen molar-refractivity contribution < 1.29 is 0 Å². The third-order valence-corrected chi connectivity index (χ3v) is 3.86. The molecule has 1 heterocycles. The van der Waals surface area contributed by atoms with Crippen molar-refractivity contribution in [1.29, 1.82) is 0 Å². The van der Waals surface area contributed by atoms with Gasteiger partial charge in [-0.05, 0) is 47.8 Å². The van der Waals surface area contributed by atoms with Crippen molar-refractivity contribution >= 4 is 11.8 Å².